The van der Waals surface area contributed by atoms with Gasteiger partial charge in [0.15, 0.2) is 0 Å². The molecule has 30 heavy (non-hydrogen) atoms. The molecule has 178 valence electrons. The molecule has 0 amide bonds. The Hall–Kier alpha value is -1.11. The second kappa shape index (κ2) is 25.9. The highest BCUT2D eigenvalue weighted by Gasteiger charge is 1.97. The van der Waals surface area contributed by atoms with E-state index in [1.807, 2.05) is 0 Å². The fourth-order valence-electron chi connectivity index (χ4n) is 1.87. The molecule has 0 aromatic rings. The lowest BCUT2D eigenvalue weighted by Crippen LogP contribution is -2.15. The topological polar surface area (TPSA) is 111 Å². The number of carbonyl (C=O) groups is 1. The summed E-state index contributed by atoms with van der Waals surface area (Å²) < 4.78 is 42.4. The Labute approximate surface area is 179 Å². The average Bonchev–Trinajstić information content (AvgIpc) is 2.73. The third kappa shape index (κ3) is 26.9. The SMILES string of the molecule is C=CCOCCOCCOCCOCCOCCOCCOCCOCCC(=O)O. The van der Waals surface area contributed by atoms with Gasteiger partial charge in [0.05, 0.1) is 112 Å². The molecule has 0 bridgehead atoms. The van der Waals surface area contributed by atoms with Gasteiger partial charge in [-0.15, -0.1) is 6.58 Å². The van der Waals surface area contributed by atoms with Gasteiger partial charge in [-0.05, 0) is 0 Å². The van der Waals surface area contributed by atoms with Crippen molar-refractivity contribution in [3.63, 3.8) is 0 Å². The number of hydrogen-bond donors (Lipinski definition) is 1. The standard InChI is InChI=1S/C20H38O10/c1-2-4-23-6-8-25-10-12-27-14-16-29-18-19-30-17-15-28-13-11-26-9-7-24-5-3-20(21)22/h2H,1,3-19H2,(H,21,22). The van der Waals surface area contributed by atoms with Gasteiger partial charge in [-0.25, -0.2) is 0 Å². The molecule has 10 nitrogen and oxygen atoms in total. The molecule has 0 aromatic heterocycles. The zero-order valence-electron chi connectivity index (χ0n) is 17.9. The first-order chi connectivity index (χ1) is 14.8. The number of hydrogen-bond acceptors (Lipinski definition) is 9. The number of ether oxygens (including phenoxy) is 8. The maximum atomic E-state index is 10.3. The van der Waals surface area contributed by atoms with Crippen molar-refractivity contribution >= 4 is 5.97 Å². The van der Waals surface area contributed by atoms with Crippen molar-refractivity contribution in [2.45, 2.75) is 6.42 Å². The summed E-state index contributed by atoms with van der Waals surface area (Å²) in [6.07, 6.45) is 1.71. The van der Waals surface area contributed by atoms with Crippen LogP contribution in [0.5, 0.6) is 0 Å². The van der Waals surface area contributed by atoms with E-state index in [2.05, 4.69) is 6.58 Å². The summed E-state index contributed by atoms with van der Waals surface area (Å²) >= 11 is 0. The van der Waals surface area contributed by atoms with Crippen LogP contribution in [-0.4, -0.2) is 117 Å². The second-order valence-electron chi connectivity index (χ2n) is 5.79. The molecule has 1 N–H and O–H groups in total. The van der Waals surface area contributed by atoms with E-state index < -0.39 is 5.97 Å². The van der Waals surface area contributed by atoms with E-state index in [0.29, 0.717) is 99.1 Å². The Balaban J connectivity index is 3.00. The summed E-state index contributed by atoms with van der Waals surface area (Å²) in [5, 5.41) is 8.44. The van der Waals surface area contributed by atoms with Crippen molar-refractivity contribution in [3.05, 3.63) is 12.7 Å². The molecule has 0 saturated heterocycles. The number of rotatable bonds is 26. The highest BCUT2D eigenvalue weighted by molar-refractivity contribution is 5.66. The molecule has 0 heterocycles. The van der Waals surface area contributed by atoms with Gasteiger partial charge in [0.25, 0.3) is 0 Å². The number of carboxylic acid groups (broad SMARTS) is 1. The van der Waals surface area contributed by atoms with E-state index in [1.165, 1.54) is 0 Å². The van der Waals surface area contributed by atoms with Crippen LogP contribution in [-0.2, 0) is 42.7 Å². The summed E-state index contributed by atoms with van der Waals surface area (Å²) in [6.45, 7) is 11.2. The van der Waals surface area contributed by atoms with Gasteiger partial charge in [-0.2, -0.15) is 0 Å². The maximum absolute atomic E-state index is 10.3. The molecule has 10 heteroatoms. The third-order valence-electron chi connectivity index (χ3n) is 3.30. The first-order valence-corrected chi connectivity index (χ1v) is 10.2. The monoisotopic (exact) mass is 438 g/mol. The van der Waals surface area contributed by atoms with Gasteiger partial charge in [-0.3, -0.25) is 4.79 Å². The molecule has 0 fully saturated rings. The van der Waals surface area contributed by atoms with E-state index in [0.717, 1.165) is 0 Å². The van der Waals surface area contributed by atoms with Crippen LogP contribution in [0.2, 0.25) is 0 Å². The van der Waals surface area contributed by atoms with Gasteiger partial charge in [0.1, 0.15) is 0 Å². The van der Waals surface area contributed by atoms with Crippen molar-refractivity contribution in [2.24, 2.45) is 0 Å². The van der Waals surface area contributed by atoms with Gasteiger partial charge in [0.2, 0.25) is 0 Å². The highest BCUT2D eigenvalue weighted by Crippen LogP contribution is 1.86. The molecule has 0 aliphatic rings. The van der Waals surface area contributed by atoms with Crippen molar-refractivity contribution in [3.8, 4) is 0 Å². The molecule has 0 aromatic carbocycles. The molecule has 0 aliphatic carbocycles. The first-order valence-electron chi connectivity index (χ1n) is 10.2. The van der Waals surface area contributed by atoms with Crippen LogP contribution < -0.4 is 0 Å². The van der Waals surface area contributed by atoms with Crippen molar-refractivity contribution in [1.82, 2.24) is 0 Å². The van der Waals surface area contributed by atoms with Crippen molar-refractivity contribution < 1.29 is 47.8 Å². The third-order valence-corrected chi connectivity index (χ3v) is 3.30. The zero-order valence-corrected chi connectivity index (χ0v) is 17.9. The van der Waals surface area contributed by atoms with Crippen LogP contribution in [0.1, 0.15) is 6.42 Å². The van der Waals surface area contributed by atoms with Crippen molar-refractivity contribution in [1.29, 1.82) is 0 Å². The van der Waals surface area contributed by atoms with E-state index >= 15 is 0 Å². The summed E-state index contributed by atoms with van der Waals surface area (Å²) in [4.78, 5) is 10.3. The minimum absolute atomic E-state index is 0.00500. The van der Waals surface area contributed by atoms with E-state index in [1.54, 1.807) is 6.08 Å². The fraction of sp³-hybridized carbons (Fsp3) is 0.850. The van der Waals surface area contributed by atoms with Crippen LogP contribution in [0.3, 0.4) is 0 Å². The number of carboxylic acids is 1. The van der Waals surface area contributed by atoms with E-state index in [-0.39, 0.29) is 13.0 Å². The average molecular weight is 439 g/mol. The van der Waals surface area contributed by atoms with Gasteiger partial charge >= 0.3 is 5.97 Å². The largest absolute Gasteiger partial charge is 0.481 e. The van der Waals surface area contributed by atoms with Crippen LogP contribution in [0.4, 0.5) is 0 Å². The summed E-state index contributed by atoms with van der Waals surface area (Å²) in [7, 11) is 0. The summed E-state index contributed by atoms with van der Waals surface area (Å²) in [5.74, 6) is -0.869. The molecule has 0 saturated carbocycles. The van der Waals surface area contributed by atoms with E-state index in [4.69, 9.17) is 43.0 Å². The van der Waals surface area contributed by atoms with Gasteiger partial charge in [-0.1, -0.05) is 6.08 Å². The summed E-state index contributed by atoms with van der Waals surface area (Å²) in [6, 6.07) is 0. The molecule has 0 spiro atoms. The maximum Gasteiger partial charge on any atom is 0.305 e. The Morgan fingerprint density at radius 2 is 0.800 bits per heavy atom. The quantitative estimate of drug-likeness (QED) is 0.154. The Morgan fingerprint density at radius 3 is 1.07 bits per heavy atom. The van der Waals surface area contributed by atoms with Crippen LogP contribution in [0.15, 0.2) is 12.7 Å². The van der Waals surface area contributed by atoms with Gasteiger partial charge < -0.3 is 43.0 Å². The normalized spacial score (nSPS) is 11.1. The van der Waals surface area contributed by atoms with Gasteiger partial charge in [0, 0.05) is 0 Å². The highest BCUT2D eigenvalue weighted by atomic mass is 16.6. The Bertz CT molecular complexity index is 367. The molecule has 0 unspecified atom stereocenters. The lowest BCUT2D eigenvalue weighted by Gasteiger charge is -2.08. The molecule has 0 atom stereocenters. The molecular formula is C20H38O10. The predicted octanol–water partition coefficient (Wildman–Crippen LogP) is 0.780. The fourth-order valence-corrected chi connectivity index (χ4v) is 1.87. The predicted molar refractivity (Wildman–Crippen MR) is 109 cm³/mol. The van der Waals surface area contributed by atoms with E-state index in [9.17, 15) is 4.79 Å². The smallest absolute Gasteiger partial charge is 0.305 e. The minimum Gasteiger partial charge on any atom is -0.481 e. The lowest BCUT2D eigenvalue weighted by molar-refractivity contribution is -0.138. The molecule has 0 radical (unpaired) electrons. The Morgan fingerprint density at radius 1 is 0.533 bits per heavy atom. The molecule has 0 aliphatic heterocycles. The van der Waals surface area contributed by atoms with Crippen LogP contribution >= 0.6 is 0 Å². The zero-order chi connectivity index (χ0) is 22.0. The summed E-state index contributed by atoms with van der Waals surface area (Å²) in [5.41, 5.74) is 0. The lowest BCUT2D eigenvalue weighted by atomic mass is 10.5. The Kier molecular flexibility index (Phi) is 25.0. The number of aliphatic carboxylic acids is 1. The second-order valence-corrected chi connectivity index (χ2v) is 5.79. The minimum atomic E-state index is -0.869. The van der Waals surface area contributed by atoms with Crippen LogP contribution in [0, 0.1) is 0 Å². The molecular weight excluding hydrogens is 400 g/mol. The first kappa shape index (κ1) is 28.9. The molecule has 0 rings (SSSR count). The van der Waals surface area contributed by atoms with Crippen LogP contribution in [0.25, 0.3) is 0 Å². The van der Waals surface area contributed by atoms with Crippen molar-refractivity contribution in [2.75, 3.05) is 106 Å².